The number of carbonyl (C=O) groups excluding carboxylic acids is 1. The van der Waals surface area contributed by atoms with Crippen molar-refractivity contribution in [1.82, 2.24) is 19.9 Å². The highest BCUT2D eigenvalue weighted by Gasteiger charge is 2.25. The number of hydrogen-bond donors (Lipinski definition) is 0. The summed E-state index contributed by atoms with van der Waals surface area (Å²) in [6.45, 7) is 3.22. The van der Waals surface area contributed by atoms with Crippen LogP contribution in [0.1, 0.15) is 16.2 Å². The molecule has 0 atom stereocenters. The molecule has 0 radical (unpaired) electrons. The van der Waals surface area contributed by atoms with E-state index in [1.54, 1.807) is 34.4 Å². The SMILES string of the molecule is O=C(c1cccc(Cl)c1Cl)N1CCN(Cc2nc(-c3cccs3)no2)CC1. The molecule has 6 nitrogen and oxygen atoms in total. The van der Waals surface area contributed by atoms with Crippen LogP contribution in [0.2, 0.25) is 10.0 Å². The van der Waals surface area contributed by atoms with Crippen LogP contribution < -0.4 is 0 Å². The number of aromatic nitrogens is 2. The maximum atomic E-state index is 12.7. The average Bonchev–Trinajstić information content (AvgIpc) is 3.36. The van der Waals surface area contributed by atoms with Gasteiger partial charge >= 0.3 is 0 Å². The lowest BCUT2D eigenvalue weighted by atomic mass is 10.1. The number of halogens is 2. The number of piperazine rings is 1. The van der Waals surface area contributed by atoms with Crippen LogP contribution in [-0.2, 0) is 6.54 Å². The molecule has 1 aliphatic heterocycles. The molecular formula is C18H16Cl2N4O2S. The van der Waals surface area contributed by atoms with Crippen molar-refractivity contribution in [3.8, 4) is 10.7 Å². The van der Waals surface area contributed by atoms with E-state index in [2.05, 4.69) is 15.0 Å². The van der Waals surface area contributed by atoms with Gasteiger partial charge < -0.3 is 9.42 Å². The van der Waals surface area contributed by atoms with Gasteiger partial charge in [0, 0.05) is 26.2 Å². The Labute approximate surface area is 170 Å². The minimum atomic E-state index is -0.0973. The van der Waals surface area contributed by atoms with Crippen molar-refractivity contribution in [1.29, 1.82) is 0 Å². The Balaban J connectivity index is 1.35. The fourth-order valence-corrected chi connectivity index (χ4v) is 4.00. The lowest BCUT2D eigenvalue weighted by Crippen LogP contribution is -2.48. The topological polar surface area (TPSA) is 62.5 Å². The molecule has 3 aromatic rings. The smallest absolute Gasteiger partial charge is 0.255 e. The summed E-state index contributed by atoms with van der Waals surface area (Å²) in [5.41, 5.74) is 0.440. The molecule has 27 heavy (non-hydrogen) atoms. The molecule has 9 heteroatoms. The molecule has 1 saturated heterocycles. The van der Waals surface area contributed by atoms with Crippen molar-refractivity contribution >= 4 is 40.4 Å². The third kappa shape index (κ3) is 4.01. The number of carbonyl (C=O) groups is 1. The molecule has 1 aliphatic rings. The fraction of sp³-hybridized carbons (Fsp3) is 0.278. The van der Waals surface area contributed by atoms with Gasteiger partial charge in [0.25, 0.3) is 5.91 Å². The highest BCUT2D eigenvalue weighted by Crippen LogP contribution is 2.27. The molecule has 0 N–H and O–H groups in total. The quantitative estimate of drug-likeness (QED) is 0.633. The van der Waals surface area contributed by atoms with Crippen molar-refractivity contribution in [2.45, 2.75) is 6.54 Å². The normalized spacial score (nSPS) is 15.3. The second kappa shape index (κ2) is 7.98. The van der Waals surface area contributed by atoms with E-state index in [0.29, 0.717) is 47.0 Å². The van der Waals surface area contributed by atoms with Crippen LogP contribution in [0.5, 0.6) is 0 Å². The molecule has 1 fully saturated rings. The molecule has 1 aromatic carbocycles. The van der Waals surface area contributed by atoms with Gasteiger partial charge in [0.05, 0.1) is 27.0 Å². The Morgan fingerprint density at radius 1 is 1.15 bits per heavy atom. The zero-order valence-corrected chi connectivity index (χ0v) is 16.6. The van der Waals surface area contributed by atoms with Crippen LogP contribution in [0, 0.1) is 0 Å². The van der Waals surface area contributed by atoms with Gasteiger partial charge in [0.1, 0.15) is 0 Å². The van der Waals surface area contributed by atoms with Crippen LogP contribution in [0.3, 0.4) is 0 Å². The van der Waals surface area contributed by atoms with E-state index in [1.165, 1.54) is 0 Å². The van der Waals surface area contributed by atoms with Gasteiger partial charge in [0.2, 0.25) is 11.7 Å². The molecule has 4 rings (SSSR count). The minimum Gasteiger partial charge on any atom is -0.338 e. The van der Waals surface area contributed by atoms with Crippen LogP contribution in [-0.4, -0.2) is 52.0 Å². The first-order chi connectivity index (χ1) is 13.1. The lowest BCUT2D eigenvalue weighted by molar-refractivity contribution is 0.0615. The predicted octanol–water partition coefficient (Wildman–Crippen LogP) is 4.06. The standard InChI is InChI=1S/C18H16Cl2N4O2S/c19-13-4-1-3-12(16(13)20)18(25)24-8-6-23(7-9-24)11-15-21-17(22-26-15)14-5-2-10-27-14/h1-5,10H,6-9,11H2. The maximum absolute atomic E-state index is 12.7. The molecule has 0 saturated carbocycles. The molecular weight excluding hydrogens is 407 g/mol. The van der Waals surface area contributed by atoms with Gasteiger partial charge in [-0.1, -0.05) is 40.5 Å². The average molecular weight is 423 g/mol. The Bertz CT molecular complexity index is 937. The van der Waals surface area contributed by atoms with Crippen molar-refractivity contribution in [2.75, 3.05) is 26.2 Å². The number of hydrogen-bond acceptors (Lipinski definition) is 6. The van der Waals surface area contributed by atoms with E-state index in [1.807, 2.05) is 17.5 Å². The minimum absolute atomic E-state index is 0.0973. The monoisotopic (exact) mass is 422 g/mol. The van der Waals surface area contributed by atoms with E-state index in [4.69, 9.17) is 27.7 Å². The van der Waals surface area contributed by atoms with E-state index in [9.17, 15) is 4.79 Å². The first-order valence-corrected chi connectivity index (χ1v) is 10.1. The fourth-order valence-electron chi connectivity index (χ4n) is 2.96. The summed E-state index contributed by atoms with van der Waals surface area (Å²) >= 11 is 13.8. The summed E-state index contributed by atoms with van der Waals surface area (Å²) in [6, 6.07) is 9.03. The summed E-state index contributed by atoms with van der Waals surface area (Å²) < 4.78 is 5.35. The van der Waals surface area contributed by atoms with E-state index < -0.39 is 0 Å². The van der Waals surface area contributed by atoms with Gasteiger partial charge in [0.15, 0.2) is 0 Å². The first-order valence-electron chi connectivity index (χ1n) is 8.44. The van der Waals surface area contributed by atoms with Crippen LogP contribution in [0.4, 0.5) is 0 Å². The van der Waals surface area contributed by atoms with E-state index in [-0.39, 0.29) is 5.91 Å². The zero-order chi connectivity index (χ0) is 18.8. The first kappa shape index (κ1) is 18.4. The van der Waals surface area contributed by atoms with Crippen LogP contribution in [0.15, 0.2) is 40.2 Å². The maximum Gasteiger partial charge on any atom is 0.255 e. The molecule has 0 bridgehead atoms. The largest absolute Gasteiger partial charge is 0.338 e. The Morgan fingerprint density at radius 2 is 1.96 bits per heavy atom. The Morgan fingerprint density at radius 3 is 2.70 bits per heavy atom. The molecule has 2 aromatic heterocycles. The van der Waals surface area contributed by atoms with E-state index in [0.717, 1.165) is 18.0 Å². The van der Waals surface area contributed by atoms with Crippen molar-refractivity contribution in [2.24, 2.45) is 0 Å². The van der Waals surface area contributed by atoms with Crippen LogP contribution in [0.25, 0.3) is 10.7 Å². The number of nitrogens with zero attached hydrogens (tertiary/aromatic N) is 4. The van der Waals surface area contributed by atoms with Gasteiger partial charge in [-0.05, 0) is 23.6 Å². The lowest BCUT2D eigenvalue weighted by Gasteiger charge is -2.34. The van der Waals surface area contributed by atoms with Crippen molar-refractivity contribution in [3.05, 3.63) is 57.2 Å². The van der Waals surface area contributed by atoms with Gasteiger partial charge in [-0.2, -0.15) is 4.98 Å². The van der Waals surface area contributed by atoms with Gasteiger partial charge in [-0.15, -0.1) is 11.3 Å². The van der Waals surface area contributed by atoms with Gasteiger partial charge in [-0.25, -0.2) is 0 Å². The summed E-state index contributed by atoms with van der Waals surface area (Å²) in [5.74, 6) is 1.10. The Hall–Kier alpha value is -1.93. The molecule has 0 aliphatic carbocycles. The molecule has 0 unspecified atom stereocenters. The molecule has 1 amide bonds. The van der Waals surface area contributed by atoms with Crippen molar-refractivity contribution in [3.63, 3.8) is 0 Å². The predicted molar refractivity (Wildman–Crippen MR) is 105 cm³/mol. The zero-order valence-electron chi connectivity index (χ0n) is 14.3. The third-order valence-corrected chi connectivity index (χ3v) is 6.09. The second-order valence-corrected chi connectivity index (χ2v) is 7.89. The molecule has 3 heterocycles. The van der Waals surface area contributed by atoms with Crippen LogP contribution >= 0.6 is 34.5 Å². The molecule has 140 valence electrons. The highest BCUT2D eigenvalue weighted by molar-refractivity contribution is 7.13. The Kier molecular flexibility index (Phi) is 5.45. The number of rotatable bonds is 4. The highest BCUT2D eigenvalue weighted by atomic mass is 35.5. The summed E-state index contributed by atoms with van der Waals surface area (Å²) in [6.07, 6.45) is 0. The number of benzene rings is 1. The second-order valence-electron chi connectivity index (χ2n) is 6.16. The van der Waals surface area contributed by atoms with E-state index >= 15 is 0 Å². The summed E-state index contributed by atoms with van der Waals surface area (Å²) in [5, 5.41) is 6.70. The van der Waals surface area contributed by atoms with Crippen molar-refractivity contribution < 1.29 is 9.32 Å². The third-order valence-electron chi connectivity index (χ3n) is 4.41. The molecule has 0 spiro atoms. The summed E-state index contributed by atoms with van der Waals surface area (Å²) in [7, 11) is 0. The number of thiophene rings is 1. The summed E-state index contributed by atoms with van der Waals surface area (Å²) in [4.78, 5) is 22.1. The van der Waals surface area contributed by atoms with Gasteiger partial charge in [-0.3, -0.25) is 9.69 Å². The number of amides is 1.